The summed E-state index contributed by atoms with van der Waals surface area (Å²) in [4.78, 5) is 8.96. The second kappa shape index (κ2) is 5.86. The third kappa shape index (κ3) is 3.25. The number of halogens is 4. The topological polar surface area (TPSA) is 35.0 Å². The number of aromatic nitrogens is 2. The van der Waals surface area contributed by atoms with Crippen molar-refractivity contribution in [1.82, 2.24) is 9.97 Å². The monoisotopic (exact) mass is 380 g/mol. The minimum atomic E-state index is -4.72. The van der Waals surface area contributed by atoms with Gasteiger partial charge in [-0.15, -0.1) is 24.5 Å². The van der Waals surface area contributed by atoms with Crippen molar-refractivity contribution in [2.75, 3.05) is 0 Å². The molecule has 0 aliphatic carbocycles. The summed E-state index contributed by atoms with van der Waals surface area (Å²) < 4.78 is 41.5. The van der Waals surface area contributed by atoms with Gasteiger partial charge in [0, 0.05) is 5.39 Å². The largest absolute Gasteiger partial charge is 0.573 e. The molecule has 0 atom stereocenters. The summed E-state index contributed by atoms with van der Waals surface area (Å²) in [7, 11) is 0. The van der Waals surface area contributed by atoms with Crippen LogP contribution in [-0.2, 0) is 0 Å². The Balaban J connectivity index is 1.78. The van der Waals surface area contributed by atoms with E-state index >= 15 is 0 Å². The van der Waals surface area contributed by atoms with Gasteiger partial charge in [0.15, 0.2) is 0 Å². The number of hydrogen-bond acceptors (Lipinski definition) is 4. The average Bonchev–Trinajstić information content (AvgIpc) is 2.97. The highest BCUT2D eigenvalue weighted by Crippen LogP contribution is 2.34. The van der Waals surface area contributed by atoms with Gasteiger partial charge in [-0.05, 0) is 30.3 Å². The third-order valence-corrected chi connectivity index (χ3v) is 4.83. The molecule has 3 nitrogen and oxygen atoms in total. The Labute approximate surface area is 148 Å². The molecule has 0 saturated heterocycles. The molecule has 0 N–H and O–H groups in total. The molecule has 4 rings (SSSR count). The van der Waals surface area contributed by atoms with E-state index in [2.05, 4.69) is 14.7 Å². The molecule has 0 unspecified atom stereocenters. The van der Waals surface area contributed by atoms with E-state index in [-0.39, 0.29) is 5.75 Å². The third-order valence-electron chi connectivity index (χ3n) is 3.48. The lowest BCUT2D eigenvalue weighted by atomic mass is 10.2. The zero-order valence-electron chi connectivity index (χ0n) is 12.3. The van der Waals surface area contributed by atoms with Gasteiger partial charge in [-0.2, -0.15) is 0 Å². The Morgan fingerprint density at radius 3 is 2.64 bits per heavy atom. The smallest absolute Gasteiger partial charge is 0.406 e. The SMILES string of the molecule is FC(F)(F)Oc1ccc2nc(-c3ccc4cccc(Cl)c4n3)sc2c1. The zero-order valence-corrected chi connectivity index (χ0v) is 13.9. The predicted molar refractivity (Wildman–Crippen MR) is 92.1 cm³/mol. The fourth-order valence-electron chi connectivity index (χ4n) is 2.44. The minimum Gasteiger partial charge on any atom is -0.406 e. The van der Waals surface area contributed by atoms with Crippen LogP contribution in [-0.4, -0.2) is 16.3 Å². The summed E-state index contributed by atoms with van der Waals surface area (Å²) in [5.74, 6) is -0.273. The molecule has 0 radical (unpaired) electrons. The number of para-hydroxylation sites is 1. The highest BCUT2D eigenvalue weighted by molar-refractivity contribution is 7.21. The molecular weight excluding hydrogens is 373 g/mol. The lowest BCUT2D eigenvalue weighted by Gasteiger charge is -2.07. The van der Waals surface area contributed by atoms with Gasteiger partial charge in [0.2, 0.25) is 0 Å². The molecule has 0 amide bonds. The molecule has 4 aromatic rings. The fraction of sp³-hybridized carbons (Fsp3) is 0.0588. The average molecular weight is 381 g/mol. The van der Waals surface area contributed by atoms with Gasteiger partial charge in [-0.25, -0.2) is 9.97 Å². The van der Waals surface area contributed by atoms with Crippen molar-refractivity contribution in [2.24, 2.45) is 0 Å². The summed E-state index contributed by atoms with van der Waals surface area (Å²) in [5, 5.41) is 2.03. The molecular formula is C17H8ClF3N2OS. The van der Waals surface area contributed by atoms with Crippen LogP contribution in [0.1, 0.15) is 0 Å². The van der Waals surface area contributed by atoms with Crippen molar-refractivity contribution in [1.29, 1.82) is 0 Å². The van der Waals surface area contributed by atoms with Gasteiger partial charge in [-0.1, -0.05) is 29.8 Å². The highest BCUT2D eigenvalue weighted by atomic mass is 35.5. The maximum Gasteiger partial charge on any atom is 0.573 e. The summed E-state index contributed by atoms with van der Waals surface area (Å²) in [6.45, 7) is 0. The van der Waals surface area contributed by atoms with Gasteiger partial charge in [0.05, 0.1) is 26.4 Å². The number of nitrogens with zero attached hydrogens (tertiary/aromatic N) is 2. The summed E-state index contributed by atoms with van der Waals surface area (Å²) in [5.41, 5.74) is 1.85. The van der Waals surface area contributed by atoms with Gasteiger partial charge in [-0.3, -0.25) is 0 Å². The van der Waals surface area contributed by atoms with Crippen LogP contribution in [0.4, 0.5) is 13.2 Å². The standard InChI is InChI=1S/C17H8ClF3N2OS/c18-11-3-1-2-9-4-6-13(22-15(9)11)16-23-12-7-5-10(8-14(12)25-16)24-17(19,20)21/h1-8H. The van der Waals surface area contributed by atoms with Crippen molar-refractivity contribution in [3.8, 4) is 16.5 Å². The van der Waals surface area contributed by atoms with Crippen molar-refractivity contribution in [3.05, 3.63) is 53.6 Å². The van der Waals surface area contributed by atoms with Crippen LogP contribution >= 0.6 is 22.9 Å². The van der Waals surface area contributed by atoms with E-state index in [1.807, 2.05) is 24.3 Å². The number of benzene rings is 2. The van der Waals surface area contributed by atoms with E-state index in [1.54, 1.807) is 6.07 Å². The molecule has 0 bridgehead atoms. The molecule has 0 spiro atoms. The number of thiazole rings is 1. The Hall–Kier alpha value is -2.38. The molecule has 126 valence electrons. The Morgan fingerprint density at radius 1 is 1.00 bits per heavy atom. The van der Waals surface area contributed by atoms with Crippen LogP contribution < -0.4 is 4.74 Å². The van der Waals surface area contributed by atoms with Gasteiger partial charge >= 0.3 is 6.36 Å². The fourth-order valence-corrected chi connectivity index (χ4v) is 3.63. The Bertz CT molecular complexity index is 1090. The second-order valence-electron chi connectivity index (χ2n) is 5.20. The number of ether oxygens (including phenoxy) is 1. The molecule has 25 heavy (non-hydrogen) atoms. The maximum atomic E-state index is 12.3. The van der Waals surface area contributed by atoms with Crippen LogP contribution in [0, 0.1) is 0 Å². The molecule has 2 aromatic heterocycles. The van der Waals surface area contributed by atoms with Gasteiger partial charge in [0.1, 0.15) is 10.8 Å². The number of pyridine rings is 1. The molecule has 0 aliphatic heterocycles. The van der Waals surface area contributed by atoms with Gasteiger partial charge < -0.3 is 4.74 Å². The van der Waals surface area contributed by atoms with E-state index in [0.29, 0.717) is 31.5 Å². The number of fused-ring (bicyclic) bond motifs is 2. The molecule has 2 heterocycles. The van der Waals surface area contributed by atoms with E-state index in [1.165, 1.54) is 29.5 Å². The quantitative estimate of drug-likeness (QED) is 0.423. The first-order valence-electron chi connectivity index (χ1n) is 7.11. The predicted octanol–water partition coefficient (Wildman–Crippen LogP) is 6.06. The van der Waals surface area contributed by atoms with E-state index in [9.17, 15) is 13.2 Å². The van der Waals surface area contributed by atoms with Crippen molar-refractivity contribution >= 4 is 44.1 Å². The van der Waals surface area contributed by atoms with Crippen molar-refractivity contribution in [3.63, 3.8) is 0 Å². The first-order valence-corrected chi connectivity index (χ1v) is 8.30. The van der Waals surface area contributed by atoms with E-state index < -0.39 is 6.36 Å². The molecule has 0 saturated carbocycles. The first kappa shape index (κ1) is 16.1. The van der Waals surface area contributed by atoms with Crippen LogP contribution in [0.25, 0.3) is 31.8 Å². The number of hydrogen-bond donors (Lipinski definition) is 0. The molecule has 0 aliphatic rings. The van der Waals surface area contributed by atoms with Crippen LogP contribution in [0.15, 0.2) is 48.5 Å². The Morgan fingerprint density at radius 2 is 1.84 bits per heavy atom. The van der Waals surface area contributed by atoms with Crippen LogP contribution in [0.5, 0.6) is 5.75 Å². The van der Waals surface area contributed by atoms with Crippen LogP contribution in [0.2, 0.25) is 5.02 Å². The lowest BCUT2D eigenvalue weighted by Crippen LogP contribution is -2.16. The summed E-state index contributed by atoms with van der Waals surface area (Å²) in [6.07, 6.45) is -4.72. The first-order chi connectivity index (χ1) is 11.9. The van der Waals surface area contributed by atoms with E-state index in [0.717, 1.165) is 5.39 Å². The van der Waals surface area contributed by atoms with Crippen molar-refractivity contribution in [2.45, 2.75) is 6.36 Å². The molecule has 0 fully saturated rings. The van der Waals surface area contributed by atoms with Gasteiger partial charge in [0.25, 0.3) is 0 Å². The van der Waals surface area contributed by atoms with Crippen molar-refractivity contribution < 1.29 is 17.9 Å². The minimum absolute atomic E-state index is 0.273. The highest BCUT2D eigenvalue weighted by Gasteiger charge is 2.31. The second-order valence-corrected chi connectivity index (χ2v) is 6.64. The normalized spacial score (nSPS) is 12.0. The lowest BCUT2D eigenvalue weighted by molar-refractivity contribution is -0.274. The Kier molecular flexibility index (Phi) is 3.77. The maximum absolute atomic E-state index is 12.3. The summed E-state index contributed by atoms with van der Waals surface area (Å²) in [6, 6.07) is 13.2. The molecule has 8 heteroatoms. The zero-order chi connectivity index (χ0) is 17.6. The summed E-state index contributed by atoms with van der Waals surface area (Å²) >= 11 is 7.42. The molecule has 2 aromatic carbocycles. The van der Waals surface area contributed by atoms with E-state index in [4.69, 9.17) is 11.6 Å². The van der Waals surface area contributed by atoms with Crippen LogP contribution in [0.3, 0.4) is 0 Å². The number of alkyl halides is 3. The number of rotatable bonds is 2.